The molecule has 2 aliphatic rings. The number of hydrogen-bond acceptors (Lipinski definition) is 5. The van der Waals surface area contributed by atoms with Gasteiger partial charge in [-0.25, -0.2) is 9.78 Å². The fourth-order valence-electron chi connectivity index (χ4n) is 3.94. The second-order valence-electron chi connectivity index (χ2n) is 6.75. The molecule has 2 aromatic carbocycles. The van der Waals surface area contributed by atoms with E-state index in [4.69, 9.17) is 4.74 Å². The quantitative estimate of drug-likeness (QED) is 0.619. The number of thiazole rings is 1. The molecule has 130 valence electrons. The van der Waals surface area contributed by atoms with Crippen LogP contribution in [0.1, 0.15) is 38.6 Å². The van der Waals surface area contributed by atoms with Gasteiger partial charge in [0.2, 0.25) is 0 Å². The number of rotatable bonds is 1. The highest BCUT2D eigenvalue weighted by Gasteiger charge is 2.49. The van der Waals surface area contributed by atoms with E-state index in [2.05, 4.69) is 4.98 Å². The molecule has 0 aliphatic carbocycles. The van der Waals surface area contributed by atoms with Gasteiger partial charge in [-0.1, -0.05) is 30.3 Å². The first kappa shape index (κ1) is 15.5. The third-order valence-corrected chi connectivity index (χ3v) is 6.17. The summed E-state index contributed by atoms with van der Waals surface area (Å²) in [7, 11) is 0. The molecule has 6 heteroatoms. The molecule has 1 fully saturated rings. The summed E-state index contributed by atoms with van der Waals surface area (Å²) in [6.45, 7) is 1.03. The lowest BCUT2D eigenvalue weighted by Crippen LogP contribution is -2.48. The zero-order valence-corrected chi connectivity index (χ0v) is 14.8. The Balaban J connectivity index is 1.48. The number of nitrogens with zero attached hydrogens (tertiary/aromatic N) is 2. The van der Waals surface area contributed by atoms with Crippen molar-refractivity contribution < 1.29 is 14.3 Å². The number of benzene rings is 2. The fourth-order valence-corrected chi connectivity index (χ4v) is 4.88. The number of likely N-dealkylation sites (tertiary alicyclic amines) is 1. The molecular formula is C20H16N2O3S. The maximum atomic E-state index is 13.0. The predicted molar refractivity (Wildman–Crippen MR) is 98.3 cm³/mol. The van der Waals surface area contributed by atoms with Crippen LogP contribution in [-0.4, -0.2) is 34.8 Å². The first-order chi connectivity index (χ1) is 12.7. The molecule has 3 heterocycles. The van der Waals surface area contributed by atoms with Crippen LogP contribution in [-0.2, 0) is 10.3 Å². The lowest BCUT2D eigenvalue weighted by Gasteiger charge is -2.39. The van der Waals surface area contributed by atoms with Crippen molar-refractivity contribution in [3.8, 4) is 0 Å². The van der Waals surface area contributed by atoms with Crippen LogP contribution >= 0.6 is 11.3 Å². The SMILES string of the molecule is O=C1OC2(CCCN(C(=O)c3nc4ccccc4s3)C2)c2ccccc21. The average molecular weight is 364 g/mol. The van der Waals surface area contributed by atoms with Gasteiger partial charge in [0.25, 0.3) is 5.91 Å². The monoisotopic (exact) mass is 364 g/mol. The van der Waals surface area contributed by atoms with Crippen LogP contribution in [0.25, 0.3) is 10.2 Å². The number of amides is 1. The van der Waals surface area contributed by atoms with Crippen molar-refractivity contribution in [2.45, 2.75) is 18.4 Å². The largest absolute Gasteiger partial charge is 0.449 e. The Morgan fingerprint density at radius 2 is 1.96 bits per heavy atom. The summed E-state index contributed by atoms with van der Waals surface area (Å²) in [5.41, 5.74) is 1.62. The number of para-hydroxylation sites is 1. The van der Waals surface area contributed by atoms with Gasteiger partial charge in [0.05, 0.1) is 22.3 Å². The first-order valence-corrected chi connectivity index (χ1v) is 9.46. The van der Waals surface area contributed by atoms with E-state index in [0.29, 0.717) is 23.7 Å². The molecule has 1 saturated heterocycles. The van der Waals surface area contributed by atoms with Crippen molar-refractivity contribution in [1.29, 1.82) is 0 Å². The smallest absolute Gasteiger partial charge is 0.339 e. The van der Waals surface area contributed by atoms with Gasteiger partial charge in [0, 0.05) is 12.1 Å². The molecule has 0 saturated carbocycles. The Morgan fingerprint density at radius 3 is 2.85 bits per heavy atom. The Morgan fingerprint density at radius 1 is 1.15 bits per heavy atom. The van der Waals surface area contributed by atoms with Gasteiger partial charge >= 0.3 is 5.97 Å². The lowest BCUT2D eigenvalue weighted by atomic mass is 9.85. The van der Waals surface area contributed by atoms with Crippen molar-refractivity contribution in [2.24, 2.45) is 0 Å². The van der Waals surface area contributed by atoms with E-state index in [0.717, 1.165) is 28.6 Å². The minimum Gasteiger partial charge on any atom is -0.449 e. The van der Waals surface area contributed by atoms with Crippen LogP contribution in [0.15, 0.2) is 48.5 Å². The number of fused-ring (bicyclic) bond motifs is 3. The molecule has 2 aliphatic heterocycles. The number of aromatic nitrogens is 1. The molecule has 5 nitrogen and oxygen atoms in total. The maximum absolute atomic E-state index is 13.0. The molecule has 1 atom stereocenters. The molecule has 1 aromatic heterocycles. The summed E-state index contributed by atoms with van der Waals surface area (Å²) >= 11 is 1.41. The van der Waals surface area contributed by atoms with Gasteiger partial charge in [0.15, 0.2) is 10.6 Å². The second kappa shape index (κ2) is 5.64. The van der Waals surface area contributed by atoms with Gasteiger partial charge in [-0.05, 0) is 31.0 Å². The van der Waals surface area contributed by atoms with E-state index < -0.39 is 5.60 Å². The number of esters is 1. The summed E-state index contributed by atoms with van der Waals surface area (Å²) in [4.78, 5) is 31.6. The third-order valence-electron chi connectivity index (χ3n) is 5.14. The van der Waals surface area contributed by atoms with E-state index in [1.54, 1.807) is 11.0 Å². The molecule has 1 spiro atoms. The van der Waals surface area contributed by atoms with E-state index >= 15 is 0 Å². The highest BCUT2D eigenvalue weighted by molar-refractivity contribution is 7.20. The zero-order valence-electron chi connectivity index (χ0n) is 14.0. The van der Waals surface area contributed by atoms with Crippen LogP contribution in [0.2, 0.25) is 0 Å². The second-order valence-corrected chi connectivity index (χ2v) is 7.78. The summed E-state index contributed by atoms with van der Waals surface area (Å²) in [5, 5.41) is 0.487. The van der Waals surface area contributed by atoms with Gasteiger partial charge in [-0.2, -0.15) is 0 Å². The van der Waals surface area contributed by atoms with E-state index in [1.807, 2.05) is 42.5 Å². The standard InChI is InChI=1S/C20H16N2O3S/c23-18(17-21-15-8-3-4-9-16(15)26-17)22-11-5-10-20(12-22)14-7-2-1-6-13(14)19(24)25-20/h1-4,6-9H,5,10-12H2. The molecule has 1 amide bonds. The number of ether oxygens (including phenoxy) is 1. The van der Waals surface area contributed by atoms with Crippen molar-refractivity contribution in [3.63, 3.8) is 0 Å². The highest BCUT2D eigenvalue weighted by atomic mass is 32.1. The minimum atomic E-state index is -0.724. The topological polar surface area (TPSA) is 59.5 Å². The van der Waals surface area contributed by atoms with Gasteiger partial charge in [-0.15, -0.1) is 11.3 Å². The number of carbonyl (C=O) groups excluding carboxylic acids is 2. The molecule has 5 rings (SSSR count). The molecule has 3 aromatic rings. The van der Waals surface area contributed by atoms with Crippen LogP contribution in [0.3, 0.4) is 0 Å². The molecular weight excluding hydrogens is 348 g/mol. The molecule has 26 heavy (non-hydrogen) atoms. The van der Waals surface area contributed by atoms with E-state index in [9.17, 15) is 9.59 Å². The number of piperidine rings is 1. The Kier molecular flexibility index (Phi) is 3.37. The van der Waals surface area contributed by atoms with Crippen LogP contribution in [0, 0.1) is 0 Å². The third kappa shape index (κ3) is 2.25. The first-order valence-electron chi connectivity index (χ1n) is 8.64. The lowest BCUT2D eigenvalue weighted by molar-refractivity contribution is -0.0442. The van der Waals surface area contributed by atoms with Gasteiger partial charge in [-0.3, -0.25) is 4.79 Å². The highest BCUT2D eigenvalue weighted by Crippen LogP contribution is 2.43. The van der Waals surface area contributed by atoms with Gasteiger partial charge < -0.3 is 9.64 Å². The Bertz CT molecular complexity index is 1010. The predicted octanol–water partition coefficient (Wildman–Crippen LogP) is 3.60. The van der Waals surface area contributed by atoms with Crippen molar-refractivity contribution in [2.75, 3.05) is 13.1 Å². The van der Waals surface area contributed by atoms with Crippen LogP contribution in [0.5, 0.6) is 0 Å². The molecule has 1 unspecified atom stereocenters. The number of hydrogen-bond donors (Lipinski definition) is 0. The average Bonchev–Trinajstić information content (AvgIpc) is 3.22. The molecule has 0 bridgehead atoms. The summed E-state index contributed by atoms with van der Waals surface area (Å²) in [6.07, 6.45) is 1.53. The van der Waals surface area contributed by atoms with E-state index in [-0.39, 0.29) is 11.9 Å². The van der Waals surface area contributed by atoms with Crippen molar-refractivity contribution in [3.05, 3.63) is 64.7 Å². The van der Waals surface area contributed by atoms with Crippen molar-refractivity contribution >= 4 is 33.4 Å². The fraction of sp³-hybridized carbons (Fsp3) is 0.250. The van der Waals surface area contributed by atoms with Crippen LogP contribution < -0.4 is 0 Å². The van der Waals surface area contributed by atoms with Crippen molar-refractivity contribution in [1.82, 2.24) is 9.88 Å². The molecule has 0 radical (unpaired) electrons. The zero-order chi connectivity index (χ0) is 17.7. The normalized spacial score (nSPS) is 21.8. The maximum Gasteiger partial charge on any atom is 0.339 e. The summed E-state index contributed by atoms with van der Waals surface area (Å²) < 4.78 is 6.79. The van der Waals surface area contributed by atoms with Gasteiger partial charge in [0.1, 0.15) is 0 Å². The Labute approximate surface area is 154 Å². The van der Waals surface area contributed by atoms with E-state index in [1.165, 1.54) is 11.3 Å². The summed E-state index contributed by atoms with van der Waals surface area (Å²) in [5.74, 6) is -0.388. The Hall–Kier alpha value is -2.73. The minimum absolute atomic E-state index is 0.0919. The molecule has 0 N–H and O–H groups in total. The number of carbonyl (C=O) groups is 2. The van der Waals surface area contributed by atoms with Crippen LogP contribution in [0.4, 0.5) is 0 Å². The summed E-state index contributed by atoms with van der Waals surface area (Å²) in [6, 6.07) is 15.2.